The van der Waals surface area contributed by atoms with Crippen LogP contribution in [0.25, 0.3) is 0 Å². The molecule has 8 nitrogen and oxygen atoms in total. The average Bonchev–Trinajstić information content (AvgIpc) is 3.29. The predicted octanol–water partition coefficient (Wildman–Crippen LogP) is 0.327. The third-order valence-corrected chi connectivity index (χ3v) is 5.25. The number of hydrogen-bond donors (Lipinski definition) is 0. The molecule has 2 amide bonds. The van der Waals surface area contributed by atoms with Gasteiger partial charge >= 0.3 is 0 Å². The summed E-state index contributed by atoms with van der Waals surface area (Å²) >= 11 is 0. The van der Waals surface area contributed by atoms with Crippen molar-refractivity contribution < 1.29 is 23.5 Å². The van der Waals surface area contributed by atoms with Gasteiger partial charge in [0.25, 0.3) is 5.91 Å². The first-order valence-electron chi connectivity index (χ1n) is 8.84. The Morgan fingerprint density at radius 1 is 1.28 bits per heavy atom. The van der Waals surface area contributed by atoms with Gasteiger partial charge in [-0.2, -0.15) is 0 Å². The maximum atomic E-state index is 12.6. The molecule has 25 heavy (non-hydrogen) atoms. The molecule has 0 bridgehead atoms. The summed E-state index contributed by atoms with van der Waals surface area (Å²) in [4.78, 5) is 32.8. The summed E-state index contributed by atoms with van der Waals surface area (Å²) < 4.78 is 16.5. The number of hydrogen-bond acceptors (Lipinski definition) is 6. The van der Waals surface area contributed by atoms with Crippen LogP contribution in [-0.4, -0.2) is 78.2 Å². The molecule has 136 valence electrons. The number of oxazole rings is 1. The molecule has 0 saturated carbocycles. The number of amides is 2. The van der Waals surface area contributed by atoms with Crippen LogP contribution in [0, 0.1) is 5.92 Å². The number of aryl methyl sites for hydroxylation is 1. The lowest BCUT2D eigenvalue weighted by atomic mass is 9.90. The lowest BCUT2D eigenvalue weighted by Crippen LogP contribution is -2.71. The van der Waals surface area contributed by atoms with Crippen molar-refractivity contribution in [2.75, 3.05) is 46.0 Å². The highest BCUT2D eigenvalue weighted by Crippen LogP contribution is 2.32. The zero-order valence-corrected chi connectivity index (χ0v) is 14.4. The minimum Gasteiger partial charge on any atom is -0.438 e. The third kappa shape index (κ3) is 2.93. The Hall–Kier alpha value is -1.93. The van der Waals surface area contributed by atoms with Gasteiger partial charge in [0.1, 0.15) is 5.60 Å². The van der Waals surface area contributed by atoms with Crippen LogP contribution in [0.4, 0.5) is 0 Å². The van der Waals surface area contributed by atoms with Crippen LogP contribution in [0.2, 0.25) is 0 Å². The number of rotatable bonds is 3. The summed E-state index contributed by atoms with van der Waals surface area (Å²) in [5.74, 6) is 0.267. The third-order valence-electron chi connectivity index (χ3n) is 5.25. The van der Waals surface area contributed by atoms with E-state index in [0.717, 1.165) is 6.42 Å². The largest absolute Gasteiger partial charge is 0.438 e. The fraction of sp³-hybridized carbons (Fsp3) is 0.706. The van der Waals surface area contributed by atoms with Crippen LogP contribution in [0.5, 0.6) is 0 Å². The Labute approximate surface area is 146 Å². The van der Waals surface area contributed by atoms with Crippen molar-refractivity contribution in [2.24, 2.45) is 5.92 Å². The second-order valence-corrected chi connectivity index (χ2v) is 6.99. The van der Waals surface area contributed by atoms with Crippen molar-refractivity contribution in [3.8, 4) is 0 Å². The quantitative estimate of drug-likeness (QED) is 0.782. The van der Waals surface area contributed by atoms with Crippen molar-refractivity contribution >= 4 is 11.8 Å². The molecule has 4 heterocycles. The number of ether oxygens (including phenoxy) is 2. The second kappa shape index (κ2) is 6.42. The smallest absolute Gasteiger partial charge is 0.291 e. The molecule has 4 rings (SSSR count). The van der Waals surface area contributed by atoms with Gasteiger partial charge in [0.2, 0.25) is 11.7 Å². The van der Waals surface area contributed by atoms with Crippen molar-refractivity contribution in [3.63, 3.8) is 0 Å². The average molecular weight is 349 g/mol. The van der Waals surface area contributed by atoms with Crippen LogP contribution in [0.1, 0.15) is 29.6 Å². The molecular weight excluding hydrogens is 326 g/mol. The first-order chi connectivity index (χ1) is 12.1. The van der Waals surface area contributed by atoms with Crippen LogP contribution < -0.4 is 0 Å². The fourth-order valence-electron chi connectivity index (χ4n) is 3.84. The number of morpholine rings is 1. The summed E-state index contributed by atoms with van der Waals surface area (Å²) in [5, 5.41) is 0. The van der Waals surface area contributed by atoms with Crippen molar-refractivity contribution in [1.29, 1.82) is 0 Å². The maximum Gasteiger partial charge on any atom is 0.291 e. The van der Waals surface area contributed by atoms with Crippen molar-refractivity contribution in [3.05, 3.63) is 17.8 Å². The molecule has 1 spiro atoms. The summed E-state index contributed by atoms with van der Waals surface area (Å²) in [7, 11) is 0. The van der Waals surface area contributed by atoms with Crippen LogP contribution in [0.3, 0.4) is 0 Å². The number of carbonyl (C=O) groups is 2. The minimum absolute atomic E-state index is 0.0331. The first-order valence-corrected chi connectivity index (χ1v) is 8.84. The SMILES string of the molecule is CCc1ncoc1C(=O)N1CC2(C1)CN(C(=O)C1CCOC1)CCO2. The summed E-state index contributed by atoms with van der Waals surface area (Å²) in [6.07, 6.45) is 2.75. The van der Waals surface area contributed by atoms with E-state index in [1.54, 1.807) is 4.90 Å². The molecule has 3 aliphatic heterocycles. The van der Waals surface area contributed by atoms with E-state index in [-0.39, 0.29) is 17.7 Å². The highest BCUT2D eigenvalue weighted by Gasteiger charge is 2.51. The van der Waals surface area contributed by atoms with E-state index in [1.807, 2.05) is 11.8 Å². The second-order valence-electron chi connectivity index (χ2n) is 6.99. The Balaban J connectivity index is 1.38. The Morgan fingerprint density at radius 3 is 2.80 bits per heavy atom. The standard InChI is InChI=1S/C17H23N3O5/c1-2-13-14(24-11-18-13)16(22)20-9-17(10-20)8-19(4-6-25-17)15(21)12-3-5-23-7-12/h11-12H,2-10H2,1H3. The molecule has 3 saturated heterocycles. The molecule has 1 aromatic heterocycles. The first kappa shape index (κ1) is 16.5. The van der Waals surface area contributed by atoms with E-state index < -0.39 is 5.60 Å². The summed E-state index contributed by atoms with van der Waals surface area (Å²) in [6.45, 7) is 5.69. The number of aromatic nitrogens is 1. The van der Waals surface area contributed by atoms with E-state index >= 15 is 0 Å². The predicted molar refractivity (Wildman–Crippen MR) is 86.0 cm³/mol. The van der Waals surface area contributed by atoms with Gasteiger partial charge in [0.15, 0.2) is 6.39 Å². The summed E-state index contributed by atoms with van der Waals surface area (Å²) in [5.41, 5.74) is 0.226. The minimum atomic E-state index is -0.449. The Bertz CT molecular complexity index is 661. The molecular formula is C17H23N3O5. The highest BCUT2D eigenvalue weighted by molar-refractivity contribution is 5.93. The molecule has 1 unspecified atom stereocenters. The van der Waals surface area contributed by atoms with Gasteiger partial charge in [0, 0.05) is 13.2 Å². The molecule has 1 aromatic rings. The van der Waals surface area contributed by atoms with Crippen LogP contribution in [0.15, 0.2) is 10.8 Å². The molecule has 1 atom stereocenters. The van der Waals surface area contributed by atoms with E-state index in [2.05, 4.69) is 4.98 Å². The van der Waals surface area contributed by atoms with Gasteiger partial charge in [0.05, 0.1) is 44.5 Å². The topological polar surface area (TPSA) is 85.1 Å². The maximum absolute atomic E-state index is 12.6. The molecule has 8 heteroatoms. The van der Waals surface area contributed by atoms with Crippen LogP contribution in [-0.2, 0) is 20.7 Å². The Kier molecular flexibility index (Phi) is 4.24. The van der Waals surface area contributed by atoms with Gasteiger partial charge in [-0.1, -0.05) is 6.92 Å². The van der Waals surface area contributed by atoms with Gasteiger partial charge in [-0.25, -0.2) is 4.98 Å². The van der Waals surface area contributed by atoms with Gasteiger partial charge < -0.3 is 23.7 Å². The van der Waals surface area contributed by atoms with E-state index in [1.165, 1.54) is 6.39 Å². The van der Waals surface area contributed by atoms with E-state index in [9.17, 15) is 9.59 Å². The molecule has 0 aliphatic carbocycles. The van der Waals surface area contributed by atoms with E-state index in [4.69, 9.17) is 13.9 Å². The fourth-order valence-corrected chi connectivity index (χ4v) is 3.84. The van der Waals surface area contributed by atoms with Crippen LogP contribution >= 0.6 is 0 Å². The van der Waals surface area contributed by atoms with Gasteiger partial charge in [-0.3, -0.25) is 9.59 Å². The molecule has 0 radical (unpaired) electrons. The highest BCUT2D eigenvalue weighted by atomic mass is 16.5. The number of likely N-dealkylation sites (tertiary alicyclic amines) is 1. The number of nitrogens with zero attached hydrogens (tertiary/aromatic N) is 3. The monoisotopic (exact) mass is 349 g/mol. The summed E-state index contributed by atoms with van der Waals surface area (Å²) in [6, 6.07) is 0. The lowest BCUT2D eigenvalue weighted by molar-refractivity contribution is -0.182. The van der Waals surface area contributed by atoms with Crippen molar-refractivity contribution in [1.82, 2.24) is 14.8 Å². The van der Waals surface area contributed by atoms with Crippen molar-refractivity contribution in [2.45, 2.75) is 25.4 Å². The molecule has 3 aliphatic rings. The zero-order valence-electron chi connectivity index (χ0n) is 14.4. The normalized spacial score (nSPS) is 25.2. The van der Waals surface area contributed by atoms with Gasteiger partial charge in [-0.05, 0) is 12.8 Å². The van der Waals surface area contributed by atoms with Gasteiger partial charge in [-0.15, -0.1) is 0 Å². The molecule has 0 aromatic carbocycles. The molecule has 3 fully saturated rings. The Morgan fingerprint density at radius 2 is 2.08 bits per heavy atom. The van der Waals surface area contributed by atoms with E-state index in [0.29, 0.717) is 63.9 Å². The molecule has 0 N–H and O–H groups in total. The zero-order chi connectivity index (χ0) is 17.4. The number of carbonyl (C=O) groups excluding carboxylic acids is 2. The lowest BCUT2D eigenvalue weighted by Gasteiger charge is -2.53.